The first kappa shape index (κ1) is 23.0. The Labute approximate surface area is 175 Å². The monoisotopic (exact) mass is 436 g/mol. The molecule has 2 aromatic rings. The predicted octanol–water partition coefficient (Wildman–Crippen LogP) is 2.29. The number of anilines is 2. The Morgan fingerprint density at radius 1 is 1.03 bits per heavy atom. The van der Waals surface area contributed by atoms with Gasteiger partial charge in [0.25, 0.3) is 0 Å². The zero-order valence-corrected chi connectivity index (χ0v) is 18.0. The number of ether oxygens (including phenoxy) is 3. The lowest BCUT2D eigenvalue weighted by Gasteiger charge is -2.24. The van der Waals surface area contributed by atoms with Gasteiger partial charge in [0.2, 0.25) is 15.9 Å². The van der Waals surface area contributed by atoms with Gasteiger partial charge in [-0.2, -0.15) is 0 Å². The molecule has 2 rings (SSSR count). The van der Waals surface area contributed by atoms with Crippen LogP contribution in [0.15, 0.2) is 42.5 Å². The number of benzene rings is 2. The van der Waals surface area contributed by atoms with Crippen LogP contribution in [0.3, 0.4) is 0 Å². The van der Waals surface area contributed by atoms with Crippen LogP contribution in [0.1, 0.15) is 17.3 Å². The molecule has 0 aromatic heterocycles. The van der Waals surface area contributed by atoms with E-state index >= 15 is 0 Å². The summed E-state index contributed by atoms with van der Waals surface area (Å²) in [6, 6.07) is 10.7. The SMILES string of the molecule is CCOC(=O)c1ccc(NC(=O)CN(c2cc(OC)ccc2OC)S(C)(=O)=O)cc1. The zero-order chi connectivity index (χ0) is 22.3. The average molecular weight is 436 g/mol. The number of sulfonamides is 1. The van der Waals surface area contributed by atoms with E-state index in [-0.39, 0.29) is 18.0 Å². The average Bonchev–Trinajstić information content (AvgIpc) is 2.71. The number of hydrogen-bond donors (Lipinski definition) is 1. The summed E-state index contributed by atoms with van der Waals surface area (Å²) in [6.07, 6.45) is 0.993. The number of nitrogens with zero attached hydrogens (tertiary/aromatic N) is 1. The van der Waals surface area contributed by atoms with Crippen LogP contribution in [-0.4, -0.2) is 53.9 Å². The van der Waals surface area contributed by atoms with E-state index in [1.165, 1.54) is 44.6 Å². The molecule has 0 bridgehead atoms. The van der Waals surface area contributed by atoms with E-state index in [0.717, 1.165) is 10.6 Å². The minimum Gasteiger partial charge on any atom is -0.497 e. The highest BCUT2D eigenvalue weighted by Gasteiger charge is 2.24. The number of carbonyl (C=O) groups excluding carboxylic acids is 2. The summed E-state index contributed by atoms with van der Waals surface area (Å²) in [5.74, 6) is -0.361. The van der Waals surface area contributed by atoms with E-state index in [4.69, 9.17) is 14.2 Å². The van der Waals surface area contributed by atoms with Crippen molar-refractivity contribution in [2.45, 2.75) is 6.92 Å². The molecule has 30 heavy (non-hydrogen) atoms. The maximum absolute atomic E-state index is 12.5. The lowest BCUT2D eigenvalue weighted by atomic mass is 10.2. The highest BCUT2D eigenvalue weighted by Crippen LogP contribution is 2.33. The molecular weight excluding hydrogens is 412 g/mol. The quantitative estimate of drug-likeness (QED) is 0.600. The van der Waals surface area contributed by atoms with Gasteiger partial charge in [-0.3, -0.25) is 9.10 Å². The Morgan fingerprint density at radius 3 is 2.23 bits per heavy atom. The van der Waals surface area contributed by atoms with Crippen molar-refractivity contribution in [2.75, 3.05) is 43.2 Å². The summed E-state index contributed by atoms with van der Waals surface area (Å²) in [7, 11) is -0.964. The minimum atomic E-state index is -3.81. The van der Waals surface area contributed by atoms with Crippen molar-refractivity contribution in [3.63, 3.8) is 0 Å². The molecular formula is C20H24N2O7S. The minimum absolute atomic E-state index is 0.173. The largest absolute Gasteiger partial charge is 0.497 e. The summed E-state index contributed by atoms with van der Waals surface area (Å²) in [6.45, 7) is 1.48. The molecule has 0 fully saturated rings. The molecule has 0 aliphatic rings. The van der Waals surface area contributed by atoms with Gasteiger partial charge in [-0.05, 0) is 43.3 Å². The van der Waals surface area contributed by atoms with E-state index in [2.05, 4.69) is 5.32 Å². The number of methoxy groups -OCH3 is 2. The Morgan fingerprint density at radius 2 is 1.70 bits per heavy atom. The van der Waals surface area contributed by atoms with Gasteiger partial charge in [0.15, 0.2) is 0 Å². The number of amides is 1. The number of carbonyl (C=O) groups is 2. The topological polar surface area (TPSA) is 111 Å². The fourth-order valence-electron chi connectivity index (χ4n) is 2.61. The van der Waals surface area contributed by atoms with Crippen LogP contribution in [0, 0.1) is 0 Å². The van der Waals surface area contributed by atoms with Crippen LogP contribution in [0.5, 0.6) is 11.5 Å². The van der Waals surface area contributed by atoms with Gasteiger partial charge in [-0.15, -0.1) is 0 Å². The third kappa shape index (κ3) is 5.86. The molecule has 0 radical (unpaired) electrons. The molecule has 0 saturated carbocycles. The normalized spacial score (nSPS) is 10.8. The second kappa shape index (κ2) is 9.97. The lowest BCUT2D eigenvalue weighted by Crippen LogP contribution is -2.37. The van der Waals surface area contributed by atoms with Crippen LogP contribution in [-0.2, 0) is 19.6 Å². The molecule has 1 amide bonds. The van der Waals surface area contributed by atoms with Crippen molar-refractivity contribution < 1.29 is 32.2 Å². The van der Waals surface area contributed by atoms with Crippen molar-refractivity contribution in [1.82, 2.24) is 0 Å². The molecule has 0 heterocycles. The molecule has 0 aliphatic heterocycles. The van der Waals surface area contributed by atoms with E-state index < -0.39 is 28.4 Å². The third-order valence-corrected chi connectivity index (χ3v) is 5.15. The van der Waals surface area contributed by atoms with Gasteiger partial charge in [0, 0.05) is 11.8 Å². The van der Waals surface area contributed by atoms with Crippen LogP contribution in [0.25, 0.3) is 0 Å². The van der Waals surface area contributed by atoms with Crippen molar-refractivity contribution in [3.05, 3.63) is 48.0 Å². The summed E-state index contributed by atoms with van der Waals surface area (Å²) in [5, 5.41) is 2.61. The second-order valence-corrected chi connectivity index (χ2v) is 8.06. The summed E-state index contributed by atoms with van der Waals surface area (Å²) < 4.78 is 41.0. The maximum Gasteiger partial charge on any atom is 0.338 e. The van der Waals surface area contributed by atoms with Gasteiger partial charge >= 0.3 is 5.97 Å². The summed E-state index contributed by atoms with van der Waals surface area (Å²) >= 11 is 0. The van der Waals surface area contributed by atoms with E-state index in [0.29, 0.717) is 17.0 Å². The molecule has 9 nitrogen and oxygen atoms in total. The molecule has 10 heteroatoms. The van der Waals surface area contributed by atoms with Gasteiger partial charge < -0.3 is 19.5 Å². The Bertz CT molecular complexity index is 1000. The number of esters is 1. The predicted molar refractivity (Wildman–Crippen MR) is 113 cm³/mol. The second-order valence-electron chi connectivity index (χ2n) is 6.15. The van der Waals surface area contributed by atoms with Crippen molar-refractivity contribution in [1.29, 1.82) is 0 Å². The number of hydrogen-bond acceptors (Lipinski definition) is 7. The molecule has 162 valence electrons. The van der Waals surface area contributed by atoms with E-state index in [1.807, 2.05) is 0 Å². The van der Waals surface area contributed by atoms with Gasteiger partial charge in [0.1, 0.15) is 18.0 Å². The van der Waals surface area contributed by atoms with Crippen molar-refractivity contribution in [2.24, 2.45) is 0 Å². The fraction of sp³-hybridized carbons (Fsp3) is 0.300. The van der Waals surface area contributed by atoms with Gasteiger partial charge in [-0.1, -0.05) is 0 Å². The molecule has 0 atom stereocenters. The first-order chi connectivity index (χ1) is 14.2. The molecule has 0 unspecified atom stereocenters. The lowest BCUT2D eigenvalue weighted by molar-refractivity contribution is -0.114. The molecule has 2 aromatic carbocycles. The standard InChI is InChI=1S/C20H24N2O7S/c1-5-29-20(24)14-6-8-15(9-7-14)21-19(23)13-22(30(4,25)26)17-12-16(27-2)10-11-18(17)28-3/h6-12H,5,13H2,1-4H3,(H,21,23). The highest BCUT2D eigenvalue weighted by molar-refractivity contribution is 7.92. The third-order valence-electron chi connectivity index (χ3n) is 4.02. The summed E-state index contributed by atoms with van der Waals surface area (Å²) in [4.78, 5) is 24.2. The maximum atomic E-state index is 12.5. The van der Waals surface area contributed by atoms with Crippen LogP contribution in [0.2, 0.25) is 0 Å². The van der Waals surface area contributed by atoms with Crippen molar-refractivity contribution >= 4 is 33.3 Å². The molecule has 0 aliphatic carbocycles. The first-order valence-corrected chi connectivity index (χ1v) is 10.8. The number of rotatable bonds is 9. The zero-order valence-electron chi connectivity index (χ0n) is 17.2. The van der Waals surface area contributed by atoms with Gasteiger partial charge in [0.05, 0.1) is 38.3 Å². The van der Waals surface area contributed by atoms with Crippen LogP contribution < -0.4 is 19.1 Å². The van der Waals surface area contributed by atoms with Crippen LogP contribution >= 0.6 is 0 Å². The van der Waals surface area contributed by atoms with Crippen LogP contribution in [0.4, 0.5) is 11.4 Å². The van der Waals surface area contributed by atoms with Gasteiger partial charge in [-0.25, -0.2) is 13.2 Å². The molecule has 1 N–H and O–H groups in total. The molecule has 0 saturated heterocycles. The Balaban J connectivity index is 2.22. The Kier molecular flexibility index (Phi) is 7.65. The Hall–Kier alpha value is -3.27. The van der Waals surface area contributed by atoms with E-state index in [1.54, 1.807) is 19.1 Å². The number of nitrogens with one attached hydrogen (secondary N) is 1. The first-order valence-electron chi connectivity index (χ1n) is 8.96. The highest BCUT2D eigenvalue weighted by atomic mass is 32.2. The fourth-order valence-corrected chi connectivity index (χ4v) is 3.46. The van der Waals surface area contributed by atoms with E-state index in [9.17, 15) is 18.0 Å². The molecule has 0 spiro atoms. The smallest absolute Gasteiger partial charge is 0.338 e. The van der Waals surface area contributed by atoms with Crippen molar-refractivity contribution in [3.8, 4) is 11.5 Å². The summed E-state index contributed by atoms with van der Waals surface area (Å²) in [5.41, 5.74) is 0.917.